The zero-order valence-corrected chi connectivity index (χ0v) is 15.7. The van der Waals surface area contributed by atoms with Crippen molar-refractivity contribution < 1.29 is 5.11 Å². The molecule has 1 aromatic carbocycles. The van der Waals surface area contributed by atoms with Gasteiger partial charge >= 0.3 is 0 Å². The first kappa shape index (κ1) is 15.8. The normalized spacial score (nSPS) is 24.0. The molecule has 1 aliphatic heterocycles. The van der Waals surface area contributed by atoms with Gasteiger partial charge in [0.05, 0.1) is 3.57 Å². The van der Waals surface area contributed by atoms with Gasteiger partial charge < -0.3 is 15.3 Å². The van der Waals surface area contributed by atoms with Crippen LogP contribution in [-0.4, -0.2) is 36.7 Å². The second kappa shape index (κ2) is 6.44. The van der Waals surface area contributed by atoms with Crippen molar-refractivity contribution in [3.05, 3.63) is 24.8 Å². The second-order valence-electron chi connectivity index (χ2n) is 5.80. The number of hydrogen-bond donors (Lipinski definition) is 2. The van der Waals surface area contributed by atoms with Crippen LogP contribution in [0.15, 0.2) is 12.1 Å². The van der Waals surface area contributed by atoms with Gasteiger partial charge in [-0.2, -0.15) is 0 Å². The Bertz CT molecular complexity index is 467. The molecular formula is C14H20I2N2O. The van der Waals surface area contributed by atoms with E-state index in [1.54, 1.807) is 0 Å². The fourth-order valence-corrected chi connectivity index (χ4v) is 4.63. The van der Waals surface area contributed by atoms with Gasteiger partial charge in [-0.3, -0.25) is 0 Å². The quantitative estimate of drug-likeness (QED) is 0.643. The summed E-state index contributed by atoms with van der Waals surface area (Å²) in [7, 11) is 2.18. The third-order valence-electron chi connectivity index (χ3n) is 3.72. The minimum Gasteiger partial charge on any atom is -0.507 e. The van der Waals surface area contributed by atoms with Crippen LogP contribution >= 0.6 is 45.2 Å². The highest BCUT2D eigenvalue weighted by molar-refractivity contribution is 14.1. The van der Waals surface area contributed by atoms with Crippen LogP contribution < -0.4 is 5.32 Å². The Kier molecular flexibility index (Phi) is 5.35. The van der Waals surface area contributed by atoms with Crippen molar-refractivity contribution in [1.82, 2.24) is 10.2 Å². The molecule has 1 heterocycles. The molecule has 1 fully saturated rings. The van der Waals surface area contributed by atoms with E-state index >= 15 is 0 Å². The van der Waals surface area contributed by atoms with E-state index < -0.39 is 0 Å². The molecule has 1 saturated heterocycles. The SMILES string of the molecule is CN1CCC(C)(CNCc2cc(I)cc(I)c2O)C1. The summed E-state index contributed by atoms with van der Waals surface area (Å²) >= 11 is 4.47. The van der Waals surface area contributed by atoms with E-state index in [-0.39, 0.29) is 0 Å². The fraction of sp³-hybridized carbons (Fsp3) is 0.571. The van der Waals surface area contributed by atoms with Gasteiger partial charge in [0.25, 0.3) is 0 Å². The monoisotopic (exact) mass is 486 g/mol. The van der Waals surface area contributed by atoms with Gasteiger partial charge in [0, 0.05) is 28.8 Å². The van der Waals surface area contributed by atoms with Gasteiger partial charge in [0.15, 0.2) is 0 Å². The number of aromatic hydroxyl groups is 1. The maximum absolute atomic E-state index is 10.1. The molecule has 0 aromatic heterocycles. The minimum atomic E-state index is 0.361. The molecule has 1 unspecified atom stereocenters. The molecule has 3 nitrogen and oxygen atoms in total. The summed E-state index contributed by atoms with van der Waals surface area (Å²) in [5.74, 6) is 0.419. The first-order valence-corrected chi connectivity index (χ1v) is 8.61. The number of rotatable bonds is 4. The third-order valence-corrected chi connectivity index (χ3v) is 5.17. The van der Waals surface area contributed by atoms with Crippen LogP contribution in [0.3, 0.4) is 0 Å². The standard InChI is InChI=1S/C14H20I2N2O/c1-14(3-4-18(2)9-14)8-17-7-10-5-11(15)6-12(16)13(10)19/h5-6,17,19H,3-4,7-9H2,1-2H3. The summed E-state index contributed by atoms with van der Waals surface area (Å²) in [5.41, 5.74) is 1.35. The van der Waals surface area contributed by atoms with Crippen LogP contribution in [0.1, 0.15) is 18.9 Å². The van der Waals surface area contributed by atoms with Gasteiger partial charge in [-0.25, -0.2) is 0 Å². The van der Waals surface area contributed by atoms with Crippen molar-refractivity contribution in [3.63, 3.8) is 0 Å². The molecule has 1 aromatic rings. The highest BCUT2D eigenvalue weighted by Crippen LogP contribution is 2.29. The van der Waals surface area contributed by atoms with Gasteiger partial charge in [0.2, 0.25) is 0 Å². The molecule has 2 N–H and O–H groups in total. The fourth-order valence-electron chi connectivity index (χ4n) is 2.67. The van der Waals surface area contributed by atoms with E-state index in [4.69, 9.17) is 0 Å². The van der Waals surface area contributed by atoms with Crippen LogP contribution in [0.25, 0.3) is 0 Å². The number of likely N-dealkylation sites (tertiary alicyclic amines) is 1. The third kappa shape index (κ3) is 4.18. The molecule has 5 heteroatoms. The number of benzene rings is 1. The smallest absolute Gasteiger partial charge is 0.133 e. The van der Waals surface area contributed by atoms with Crippen molar-refractivity contribution in [2.24, 2.45) is 5.41 Å². The summed E-state index contributed by atoms with van der Waals surface area (Å²) < 4.78 is 2.09. The lowest BCUT2D eigenvalue weighted by molar-refractivity contribution is 0.294. The number of hydrogen-bond acceptors (Lipinski definition) is 3. The lowest BCUT2D eigenvalue weighted by Gasteiger charge is -2.24. The Balaban J connectivity index is 1.93. The van der Waals surface area contributed by atoms with E-state index in [0.29, 0.717) is 11.2 Å². The Labute approximate surface area is 142 Å². The van der Waals surface area contributed by atoms with Crippen LogP contribution in [0, 0.1) is 12.6 Å². The maximum Gasteiger partial charge on any atom is 0.133 e. The lowest BCUT2D eigenvalue weighted by atomic mass is 9.90. The van der Waals surface area contributed by atoms with Crippen molar-refractivity contribution in [3.8, 4) is 5.75 Å². The molecule has 0 aliphatic carbocycles. The number of halogens is 2. The molecule has 2 rings (SSSR count). The van der Waals surface area contributed by atoms with E-state index in [0.717, 1.165) is 28.8 Å². The maximum atomic E-state index is 10.1. The largest absolute Gasteiger partial charge is 0.507 e. The van der Waals surface area contributed by atoms with Crippen LogP contribution in [-0.2, 0) is 6.54 Å². The van der Waals surface area contributed by atoms with Gasteiger partial charge in [0.1, 0.15) is 5.75 Å². The van der Waals surface area contributed by atoms with Crippen LogP contribution in [0.2, 0.25) is 0 Å². The van der Waals surface area contributed by atoms with E-state index in [2.05, 4.69) is 69.4 Å². The van der Waals surface area contributed by atoms with Crippen LogP contribution in [0.5, 0.6) is 5.75 Å². The average molecular weight is 486 g/mol. The highest BCUT2D eigenvalue weighted by Gasteiger charge is 2.31. The molecule has 0 spiro atoms. The first-order chi connectivity index (χ1) is 8.89. The molecule has 1 aliphatic rings. The molecule has 106 valence electrons. The van der Waals surface area contributed by atoms with Gasteiger partial charge in [-0.05, 0) is 82.7 Å². The van der Waals surface area contributed by atoms with Gasteiger partial charge in [-0.1, -0.05) is 6.92 Å². The number of phenolic OH excluding ortho intramolecular Hbond substituents is 1. The summed E-state index contributed by atoms with van der Waals surface area (Å²) in [6.07, 6.45) is 1.24. The minimum absolute atomic E-state index is 0.361. The Morgan fingerprint density at radius 1 is 1.42 bits per heavy atom. The Morgan fingerprint density at radius 2 is 2.16 bits per heavy atom. The first-order valence-electron chi connectivity index (χ1n) is 6.46. The summed E-state index contributed by atoms with van der Waals surface area (Å²) in [6, 6.07) is 4.04. The highest BCUT2D eigenvalue weighted by atomic mass is 127. The summed E-state index contributed by atoms with van der Waals surface area (Å²) in [5, 5.41) is 13.6. The van der Waals surface area contributed by atoms with Crippen molar-refractivity contribution >= 4 is 45.2 Å². The number of nitrogens with one attached hydrogen (secondary N) is 1. The molecule has 0 bridgehead atoms. The number of phenols is 1. The topological polar surface area (TPSA) is 35.5 Å². The molecule has 19 heavy (non-hydrogen) atoms. The van der Waals surface area contributed by atoms with E-state index in [1.165, 1.54) is 16.5 Å². The molecule has 1 atom stereocenters. The Hall–Kier alpha value is 0.400. The predicted octanol–water partition coefficient (Wildman–Crippen LogP) is 3.03. The number of nitrogens with zero attached hydrogens (tertiary/aromatic N) is 1. The van der Waals surface area contributed by atoms with Crippen LogP contribution in [0.4, 0.5) is 0 Å². The van der Waals surface area contributed by atoms with Crippen molar-refractivity contribution in [2.75, 3.05) is 26.7 Å². The molecule has 0 amide bonds. The summed E-state index contributed by atoms with van der Waals surface area (Å²) in [6.45, 7) is 6.40. The van der Waals surface area contributed by atoms with E-state index in [1.807, 2.05) is 12.1 Å². The van der Waals surface area contributed by atoms with E-state index in [9.17, 15) is 5.11 Å². The predicted molar refractivity (Wildman–Crippen MR) is 95.5 cm³/mol. The van der Waals surface area contributed by atoms with Crippen molar-refractivity contribution in [1.29, 1.82) is 0 Å². The molecule has 0 radical (unpaired) electrons. The Morgan fingerprint density at radius 3 is 2.79 bits per heavy atom. The zero-order valence-electron chi connectivity index (χ0n) is 11.3. The molecule has 0 saturated carbocycles. The molecular weight excluding hydrogens is 466 g/mol. The summed E-state index contributed by atoms with van der Waals surface area (Å²) in [4.78, 5) is 2.38. The van der Waals surface area contributed by atoms with Gasteiger partial charge in [-0.15, -0.1) is 0 Å². The average Bonchev–Trinajstić information content (AvgIpc) is 2.65. The zero-order chi connectivity index (χ0) is 14.0. The second-order valence-corrected chi connectivity index (χ2v) is 8.21. The van der Waals surface area contributed by atoms with Crippen molar-refractivity contribution in [2.45, 2.75) is 19.9 Å². The lowest BCUT2D eigenvalue weighted by Crippen LogP contribution is -2.33.